The smallest absolute Gasteiger partial charge is 0.123 e. The summed E-state index contributed by atoms with van der Waals surface area (Å²) in [5, 5.41) is 3.34. The molecule has 1 saturated heterocycles. The monoisotopic (exact) mass is 264 g/mol. The molecular formula is C16H25FN2. The fraction of sp³-hybridized carbons (Fsp3) is 0.625. The van der Waals surface area contributed by atoms with Crippen LogP contribution in [0.2, 0.25) is 0 Å². The largest absolute Gasteiger partial charge is 0.313 e. The Hall–Kier alpha value is -0.930. The van der Waals surface area contributed by atoms with Crippen LogP contribution in [0.15, 0.2) is 24.3 Å². The van der Waals surface area contributed by atoms with Crippen LogP contribution in [-0.4, -0.2) is 31.6 Å². The van der Waals surface area contributed by atoms with Gasteiger partial charge in [-0.2, -0.15) is 0 Å². The van der Waals surface area contributed by atoms with Gasteiger partial charge in [-0.3, -0.25) is 0 Å². The van der Waals surface area contributed by atoms with Gasteiger partial charge in [0.25, 0.3) is 0 Å². The third-order valence-electron chi connectivity index (χ3n) is 4.30. The summed E-state index contributed by atoms with van der Waals surface area (Å²) in [7, 11) is 1.98. The summed E-state index contributed by atoms with van der Waals surface area (Å²) in [5.41, 5.74) is 1.18. The third kappa shape index (κ3) is 4.02. The van der Waals surface area contributed by atoms with Crippen LogP contribution >= 0.6 is 0 Å². The molecule has 0 radical (unpaired) electrons. The van der Waals surface area contributed by atoms with E-state index in [2.05, 4.69) is 17.1 Å². The maximum Gasteiger partial charge on any atom is 0.123 e. The molecule has 1 aliphatic heterocycles. The number of rotatable bonds is 6. The molecule has 106 valence electrons. The van der Waals surface area contributed by atoms with Crippen molar-refractivity contribution in [1.29, 1.82) is 0 Å². The molecule has 1 N–H and O–H groups in total. The van der Waals surface area contributed by atoms with Crippen LogP contribution in [0.4, 0.5) is 4.39 Å². The zero-order valence-corrected chi connectivity index (χ0v) is 12.0. The first-order valence-corrected chi connectivity index (χ1v) is 7.38. The molecule has 0 saturated carbocycles. The Balaban J connectivity index is 1.84. The Morgan fingerprint density at radius 3 is 2.68 bits per heavy atom. The molecule has 0 amide bonds. The molecule has 3 heteroatoms. The zero-order valence-electron chi connectivity index (χ0n) is 12.0. The topological polar surface area (TPSA) is 15.3 Å². The lowest BCUT2D eigenvalue weighted by atomic mass is 10.0. The molecule has 2 atom stereocenters. The van der Waals surface area contributed by atoms with E-state index in [1.165, 1.54) is 31.5 Å². The predicted octanol–water partition coefficient (Wildman–Crippen LogP) is 3.21. The molecule has 19 heavy (non-hydrogen) atoms. The van der Waals surface area contributed by atoms with Crippen molar-refractivity contribution >= 4 is 0 Å². The fourth-order valence-corrected chi connectivity index (χ4v) is 2.93. The summed E-state index contributed by atoms with van der Waals surface area (Å²) in [6.07, 6.45) is 3.72. The number of hydrogen-bond acceptors (Lipinski definition) is 2. The summed E-state index contributed by atoms with van der Waals surface area (Å²) in [6, 6.07) is 7.18. The van der Waals surface area contributed by atoms with Gasteiger partial charge in [0.2, 0.25) is 0 Å². The molecule has 1 aromatic rings. The Morgan fingerprint density at radius 1 is 1.37 bits per heavy atom. The molecule has 1 fully saturated rings. The maximum absolute atomic E-state index is 12.9. The second-order valence-electron chi connectivity index (χ2n) is 5.55. The highest BCUT2D eigenvalue weighted by Crippen LogP contribution is 2.22. The molecular weight excluding hydrogens is 239 g/mol. The molecule has 2 nitrogen and oxygen atoms in total. The molecule has 2 rings (SSSR count). The molecule has 0 bridgehead atoms. The van der Waals surface area contributed by atoms with E-state index >= 15 is 0 Å². The first kappa shape index (κ1) is 14.5. The quantitative estimate of drug-likeness (QED) is 0.849. The highest BCUT2D eigenvalue weighted by Gasteiger charge is 2.21. The lowest BCUT2D eigenvalue weighted by Gasteiger charge is -2.21. The molecule has 0 aromatic heterocycles. The number of nitrogens with one attached hydrogen (secondary N) is 1. The van der Waals surface area contributed by atoms with Gasteiger partial charge in [-0.05, 0) is 56.6 Å². The standard InChI is InChI=1S/C16H25FN2/c1-3-13-8-10-19(12-13)11-9-16(18-2)14-4-6-15(17)7-5-14/h4-7,13,16,18H,3,8-12H2,1-2H3. The lowest BCUT2D eigenvalue weighted by Crippen LogP contribution is -2.26. The van der Waals surface area contributed by atoms with Gasteiger partial charge in [0.05, 0.1) is 0 Å². The van der Waals surface area contributed by atoms with Gasteiger partial charge in [-0.1, -0.05) is 25.5 Å². The summed E-state index contributed by atoms with van der Waals surface area (Å²) >= 11 is 0. The van der Waals surface area contributed by atoms with Crippen molar-refractivity contribution in [2.24, 2.45) is 5.92 Å². The average molecular weight is 264 g/mol. The van der Waals surface area contributed by atoms with E-state index in [4.69, 9.17) is 0 Å². The van der Waals surface area contributed by atoms with Crippen molar-refractivity contribution in [3.05, 3.63) is 35.6 Å². The minimum atomic E-state index is -0.163. The number of nitrogens with zero attached hydrogens (tertiary/aromatic N) is 1. The van der Waals surface area contributed by atoms with Crippen LogP contribution in [-0.2, 0) is 0 Å². The minimum Gasteiger partial charge on any atom is -0.313 e. The molecule has 0 aliphatic carbocycles. The van der Waals surface area contributed by atoms with Gasteiger partial charge in [0.1, 0.15) is 5.82 Å². The first-order chi connectivity index (χ1) is 9.22. The minimum absolute atomic E-state index is 0.163. The van der Waals surface area contributed by atoms with Gasteiger partial charge in [0, 0.05) is 12.6 Å². The summed E-state index contributed by atoms with van der Waals surface area (Å²) in [6.45, 7) is 5.89. The predicted molar refractivity (Wildman–Crippen MR) is 77.7 cm³/mol. The molecule has 1 aromatic carbocycles. The van der Waals surface area contributed by atoms with Gasteiger partial charge >= 0.3 is 0 Å². The van der Waals surface area contributed by atoms with Crippen molar-refractivity contribution in [2.45, 2.75) is 32.2 Å². The molecule has 1 aliphatic rings. The van der Waals surface area contributed by atoms with Crippen LogP contribution in [0, 0.1) is 11.7 Å². The Morgan fingerprint density at radius 2 is 2.11 bits per heavy atom. The van der Waals surface area contributed by atoms with Crippen molar-refractivity contribution in [2.75, 3.05) is 26.7 Å². The van der Waals surface area contributed by atoms with E-state index in [1.54, 1.807) is 12.1 Å². The number of likely N-dealkylation sites (tertiary alicyclic amines) is 1. The van der Waals surface area contributed by atoms with Gasteiger partial charge in [-0.15, -0.1) is 0 Å². The number of hydrogen-bond donors (Lipinski definition) is 1. The average Bonchev–Trinajstić information content (AvgIpc) is 2.89. The summed E-state index contributed by atoms with van der Waals surface area (Å²) < 4.78 is 12.9. The molecule has 2 unspecified atom stereocenters. The van der Waals surface area contributed by atoms with E-state index < -0.39 is 0 Å². The van der Waals surface area contributed by atoms with Crippen LogP contribution in [0.1, 0.15) is 37.8 Å². The first-order valence-electron chi connectivity index (χ1n) is 7.38. The van der Waals surface area contributed by atoms with Crippen LogP contribution in [0.25, 0.3) is 0 Å². The van der Waals surface area contributed by atoms with E-state index in [-0.39, 0.29) is 5.82 Å². The van der Waals surface area contributed by atoms with Gasteiger partial charge in [0.15, 0.2) is 0 Å². The van der Waals surface area contributed by atoms with Crippen LogP contribution in [0.5, 0.6) is 0 Å². The SMILES string of the molecule is CCC1CCN(CCC(NC)c2ccc(F)cc2)C1. The number of benzene rings is 1. The Kier molecular flexibility index (Phi) is 5.34. The highest BCUT2D eigenvalue weighted by molar-refractivity contribution is 5.19. The fourth-order valence-electron chi connectivity index (χ4n) is 2.93. The van der Waals surface area contributed by atoms with E-state index in [9.17, 15) is 4.39 Å². The van der Waals surface area contributed by atoms with Crippen molar-refractivity contribution < 1.29 is 4.39 Å². The Labute approximate surface area is 116 Å². The summed E-state index contributed by atoms with van der Waals surface area (Å²) in [5.74, 6) is 0.725. The normalized spacial score (nSPS) is 21.7. The highest BCUT2D eigenvalue weighted by atomic mass is 19.1. The van der Waals surface area contributed by atoms with Gasteiger partial charge in [-0.25, -0.2) is 4.39 Å². The third-order valence-corrected chi connectivity index (χ3v) is 4.30. The van der Waals surface area contributed by atoms with Crippen molar-refractivity contribution in [1.82, 2.24) is 10.2 Å². The van der Waals surface area contributed by atoms with E-state index in [1.807, 2.05) is 19.2 Å². The van der Waals surface area contributed by atoms with Crippen LogP contribution in [0.3, 0.4) is 0 Å². The molecule has 0 spiro atoms. The van der Waals surface area contributed by atoms with E-state index in [0.717, 1.165) is 18.9 Å². The lowest BCUT2D eigenvalue weighted by molar-refractivity contribution is 0.301. The molecule has 1 heterocycles. The van der Waals surface area contributed by atoms with Gasteiger partial charge < -0.3 is 10.2 Å². The second kappa shape index (κ2) is 7.01. The zero-order chi connectivity index (χ0) is 13.7. The second-order valence-corrected chi connectivity index (χ2v) is 5.55. The number of halogens is 1. The van der Waals surface area contributed by atoms with Crippen molar-refractivity contribution in [3.63, 3.8) is 0 Å². The van der Waals surface area contributed by atoms with Crippen LogP contribution < -0.4 is 5.32 Å². The van der Waals surface area contributed by atoms with E-state index in [0.29, 0.717) is 6.04 Å². The van der Waals surface area contributed by atoms with Crippen molar-refractivity contribution in [3.8, 4) is 0 Å². The Bertz CT molecular complexity index is 377. The summed E-state index contributed by atoms with van der Waals surface area (Å²) in [4.78, 5) is 2.56. The maximum atomic E-state index is 12.9.